The molecule has 2 rings (SSSR count). The maximum absolute atomic E-state index is 11.5. The molecule has 1 fully saturated rings. The fraction of sp³-hybridized carbons (Fsp3) is 0.600. The Hall–Kier alpha value is -0.920. The van der Waals surface area contributed by atoms with Crippen LogP contribution in [0.3, 0.4) is 0 Å². The summed E-state index contributed by atoms with van der Waals surface area (Å²) in [5.41, 5.74) is -0.398. The molecule has 1 aliphatic heterocycles. The van der Waals surface area contributed by atoms with Crippen LogP contribution in [0.2, 0.25) is 0 Å². The first-order valence-corrected chi connectivity index (χ1v) is 6.23. The maximum Gasteiger partial charge on any atom is 0.269 e. The van der Waals surface area contributed by atoms with Gasteiger partial charge in [-0.3, -0.25) is 9.69 Å². The van der Waals surface area contributed by atoms with Crippen molar-refractivity contribution in [1.82, 2.24) is 14.9 Å². The molecule has 2 heterocycles. The minimum absolute atomic E-state index is 0.0457. The van der Waals surface area contributed by atoms with Crippen LogP contribution in [0.5, 0.6) is 5.88 Å². The molecule has 1 aromatic heterocycles. The van der Waals surface area contributed by atoms with Gasteiger partial charge in [0.25, 0.3) is 5.56 Å². The number of hydrogen-bond acceptors (Lipinski definition) is 5. The molecule has 0 radical (unpaired) electrons. The van der Waals surface area contributed by atoms with Crippen molar-refractivity contribution in [3.8, 4) is 5.88 Å². The van der Waals surface area contributed by atoms with E-state index in [2.05, 4.69) is 37.7 Å². The summed E-state index contributed by atoms with van der Waals surface area (Å²) in [6.45, 7) is 5.13. The summed E-state index contributed by atoms with van der Waals surface area (Å²) in [7, 11) is 0. The van der Waals surface area contributed by atoms with Gasteiger partial charge in [-0.2, -0.15) is 4.98 Å². The average molecular weight is 304 g/mol. The molecule has 0 saturated carbocycles. The summed E-state index contributed by atoms with van der Waals surface area (Å²) in [5.74, 6) is 0.0646. The fourth-order valence-electron chi connectivity index (χ4n) is 1.77. The summed E-state index contributed by atoms with van der Waals surface area (Å²) in [6, 6.07) is 0. The largest absolute Gasteiger partial charge is 0.492 e. The lowest BCUT2D eigenvalue weighted by Gasteiger charge is -2.31. The summed E-state index contributed by atoms with van der Waals surface area (Å²) < 4.78 is 5.59. The Morgan fingerprint density at radius 1 is 1.71 bits per heavy atom. The molecule has 1 unspecified atom stereocenters. The number of halogens is 1. The first-order chi connectivity index (χ1) is 8.11. The Bertz CT molecular complexity index is 463. The second-order valence-electron chi connectivity index (χ2n) is 3.84. The average Bonchev–Trinajstić information content (AvgIpc) is 2.35. The first kappa shape index (κ1) is 12.5. The van der Waals surface area contributed by atoms with Crippen LogP contribution in [0.1, 0.15) is 18.9 Å². The van der Waals surface area contributed by atoms with E-state index in [1.54, 1.807) is 0 Å². The number of morpholine rings is 1. The van der Waals surface area contributed by atoms with Crippen LogP contribution in [-0.2, 0) is 4.74 Å². The fourth-order valence-corrected chi connectivity index (χ4v) is 1.96. The van der Waals surface area contributed by atoms with Gasteiger partial charge in [0.2, 0.25) is 5.88 Å². The highest BCUT2D eigenvalue weighted by molar-refractivity contribution is 9.10. The molecule has 6 nitrogen and oxygen atoms in total. The minimum atomic E-state index is -0.398. The third kappa shape index (κ3) is 2.67. The number of likely N-dealkylation sites (N-methyl/N-ethyl adjacent to an activating group) is 1. The smallest absolute Gasteiger partial charge is 0.269 e. The Labute approximate surface area is 107 Å². The molecule has 2 N–H and O–H groups in total. The van der Waals surface area contributed by atoms with Crippen LogP contribution in [0.15, 0.2) is 9.27 Å². The highest BCUT2D eigenvalue weighted by atomic mass is 79.9. The van der Waals surface area contributed by atoms with Gasteiger partial charge in [-0.1, -0.05) is 6.92 Å². The molecule has 1 aliphatic rings. The van der Waals surface area contributed by atoms with Gasteiger partial charge in [0.15, 0.2) is 0 Å². The molecule has 94 valence electrons. The van der Waals surface area contributed by atoms with Gasteiger partial charge < -0.3 is 14.8 Å². The van der Waals surface area contributed by atoms with E-state index in [9.17, 15) is 9.90 Å². The molecule has 1 saturated heterocycles. The van der Waals surface area contributed by atoms with Crippen molar-refractivity contribution < 1.29 is 9.84 Å². The molecule has 0 aliphatic carbocycles. The molecular weight excluding hydrogens is 290 g/mol. The number of nitrogens with one attached hydrogen (secondary N) is 1. The molecule has 0 spiro atoms. The molecular formula is C10H14BrN3O3. The van der Waals surface area contributed by atoms with Gasteiger partial charge in [-0.15, -0.1) is 0 Å². The van der Waals surface area contributed by atoms with E-state index in [1.165, 1.54) is 0 Å². The van der Waals surface area contributed by atoms with Crippen molar-refractivity contribution in [2.45, 2.75) is 13.0 Å². The lowest BCUT2D eigenvalue weighted by molar-refractivity contribution is -0.0329. The van der Waals surface area contributed by atoms with Gasteiger partial charge in [-0.05, 0) is 22.5 Å². The van der Waals surface area contributed by atoms with Crippen LogP contribution in [-0.4, -0.2) is 46.2 Å². The zero-order chi connectivity index (χ0) is 12.4. The number of hydrogen-bond donors (Lipinski definition) is 2. The van der Waals surface area contributed by atoms with Crippen molar-refractivity contribution >= 4 is 15.9 Å². The van der Waals surface area contributed by atoms with Crippen LogP contribution in [0.25, 0.3) is 0 Å². The Morgan fingerprint density at radius 3 is 3.12 bits per heavy atom. The Morgan fingerprint density at radius 2 is 2.47 bits per heavy atom. The predicted octanol–water partition coefficient (Wildman–Crippen LogP) is 0.631. The standard InChI is InChI=1S/C10H14BrN3O3/c1-2-14-3-4-17-6(5-14)8-12-9(15)7(11)10(16)13-8/h6H,2-5H2,1H3,(H2,12,13,15,16). The van der Waals surface area contributed by atoms with Gasteiger partial charge in [-0.25, -0.2) is 0 Å². The summed E-state index contributed by atoms with van der Waals surface area (Å²) in [6.07, 6.45) is -0.296. The highest BCUT2D eigenvalue weighted by Gasteiger charge is 2.24. The van der Waals surface area contributed by atoms with E-state index in [0.717, 1.165) is 13.1 Å². The quantitative estimate of drug-likeness (QED) is 0.838. The van der Waals surface area contributed by atoms with E-state index >= 15 is 0 Å². The third-order valence-electron chi connectivity index (χ3n) is 2.77. The zero-order valence-corrected chi connectivity index (χ0v) is 11.0. The molecule has 7 heteroatoms. The molecule has 0 amide bonds. The number of rotatable bonds is 2. The normalized spacial score (nSPS) is 21.6. The number of nitrogens with zero attached hydrogens (tertiary/aromatic N) is 2. The maximum atomic E-state index is 11.5. The van der Waals surface area contributed by atoms with E-state index in [0.29, 0.717) is 19.0 Å². The number of aromatic hydroxyl groups is 1. The molecule has 0 bridgehead atoms. The van der Waals surface area contributed by atoms with E-state index in [4.69, 9.17) is 4.74 Å². The lowest BCUT2D eigenvalue weighted by Crippen LogP contribution is -2.39. The van der Waals surface area contributed by atoms with Crippen molar-refractivity contribution in [3.05, 3.63) is 20.7 Å². The third-order valence-corrected chi connectivity index (χ3v) is 3.48. The second kappa shape index (κ2) is 5.16. The summed E-state index contributed by atoms with van der Waals surface area (Å²) in [4.78, 5) is 20.2. The Kier molecular flexibility index (Phi) is 3.80. The second-order valence-corrected chi connectivity index (χ2v) is 4.63. The zero-order valence-electron chi connectivity index (χ0n) is 9.44. The van der Waals surface area contributed by atoms with E-state index in [1.807, 2.05) is 0 Å². The lowest BCUT2D eigenvalue weighted by atomic mass is 10.2. The number of aromatic nitrogens is 2. The van der Waals surface area contributed by atoms with Crippen molar-refractivity contribution in [2.75, 3.05) is 26.2 Å². The molecule has 1 aromatic rings. The number of H-pyrrole nitrogens is 1. The molecule has 1 atom stereocenters. The van der Waals surface area contributed by atoms with E-state index < -0.39 is 5.56 Å². The van der Waals surface area contributed by atoms with Crippen LogP contribution in [0, 0.1) is 0 Å². The van der Waals surface area contributed by atoms with Gasteiger partial charge in [0, 0.05) is 13.1 Å². The first-order valence-electron chi connectivity index (χ1n) is 5.44. The van der Waals surface area contributed by atoms with Crippen LogP contribution < -0.4 is 5.56 Å². The topological polar surface area (TPSA) is 78.5 Å². The molecule has 17 heavy (non-hydrogen) atoms. The van der Waals surface area contributed by atoms with E-state index in [-0.39, 0.29) is 16.5 Å². The van der Waals surface area contributed by atoms with Crippen molar-refractivity contribution in [1.29, 1.82) is 0 Å². The SMILES string of the molecule is CCN1CCOC(c2nc(O)c(Br)c(=O)[nH]2)C1. The minimum Gasteiger partial charge on any atom is -0.492 e. The van der Waals surface area contributed by atoms with Crippen LogP contribution in [0.4, 0.5) is 0 Å². The van der Waals surface area contributed by atoms with Crippen molar-refractivity contribution in [2.24, 2.45) is 0 Å². The van der Waals surface area contributed by atoms with Gasteiger partial charge in [0.05, 0.1) is 6.61 Å². The number of aromatic amines is 1. The highest BCUT2D eigenvalue weighted by Crippen LogP contribution is 2.22. The monoisotopic (exact) mass is 303 g/mol. The van der Waals surface area contributed by atoms with Crippen LogP contribution >= 0.6 is 15.9 Å². The molecule has 0 aromatic carbocycles. The van der Waals surface area contributed by atoms with Crippen molar-refractivity contribution in [3.63, 3.8) is 0 Å². The number of ether oxygens (including phenoxy) is 1. The van der Waals surface area contributed by atoms with Gasteiger partial charge >= 0.3 is 0 Å². The Balaban J connectivity index is 2.25. The van der Waals surface area contributed by atoms with Gasteiger partial charge in [0.1, 0.15) is 16.4 Å². The predicted molar refractivity (Wildman–Crippen MR) is 65.0 cm³/mol. The summed E-state index contributed by atoms with van der Waals surface area (Å²) in [5, 5.41) is 9.49. The summed E-state index contributed by atoms with van der Waals surface area (Å²) >= 11 is 2.96.